The number of aromatic amines is 1. The highest BCUT2D eigenvalue weighted by molar-refractivity contribution is 5.75. The van der Waals surface area contributed by atoms with Gasteiger partial charge >= 0.3 is 11.9 Å². The lowest BCUT2D eigenvalue weighted by atomic mass is 10.3. The fourth-order valence-corrected chi connectivity index (χ4v) is 2.16. The summed E-state index contributed by atoms with van der Waals surface area (Å²) in [5.41, 5.74) is -3.79. The van der Waals surface area contributed by atoms with Crippen LogP contribution in [0.1, 0.15) is 5.69 Å². The fourth-order valence-electron chi connectivity index (χ4n) is 2.16. The minimum Gasteiger partial charge on any atom is -0.481 e. The molecule has 3 aromatic rings. The number of nitrogens with one attached hydrogen (secondary N) is 1. The van der Waals surface area contributed by atoms with Crippen LogP contribution in [0.15, 0.2) is 27.8 Å². The number of methoxy groups -OCH3 is 2. The largest absolute Gasteiger partial charge is 0.481 e. The summed E-state index contributed by atoms with van der Waals surface area (Å²) < 4.78 is 49.5. The number of ether oxygens (including phenoxy) is 2. The van der Waals surface area contributed by atoms with E-state index in [9.17, 15) is 22.8 Å². The van der Waals surface area contributed by atoms with Crippen LogP contribution in [0.5, 0.6) is 11.8 Å². The van der Waals surface area contributed by atoms with Gasteiger partial charge < -0.3 is 9.47 Å². The summed E-state index contributed by atoms with van der Waals surface area (Å²) in [4.78, 5) is 37.4. The Balaban J connectivity index is 2.42. The second-order valence-corrected chi connectivity index (χ2v) is 4.91. The molecule has 0 amide bonds. The predicted molar refractivity (Wildman–Crippen MR) is 81.7 cm³/mol. The zero-order chi connectivity index (χ0) is 19.1. The molecule has 0 aliphatic carbocycles. The van der Waals surface area contributed by atoms with Gasteiger partial charge in [-0.1, -0.05) is 0 Å². The minimum absolute atomic E-state index is 0.00919. The normalized spacial score (nSPS) is 11.6. The van der Waals surface area contributed by atoms with Gasteiger partial charge in [-0.05, 0) is 12.1 Å². The first-order valence-corrected chi connectivity index (χ1v) is 6.95. The molecule has 12 heteroatoms. The molecular weight excluding hydrogens is 359 g/mol. The number of H-pyrrole nitrogens is 1. The smallest absolute Gasteiger partial charge is 0.433 e. The van der Waals surface area contributed by atoms with E-state index < -0.39 is 28.8 Å². The van der Waals surface area contributed by atoms with E-state index in [1.54, 1.807) is 0 Å². The van der Waals surface area contributed by atoms with Crippen molar-refractivity contribution in [3.8, 4) is 17.7 Å². The summed E-state index contributed by atoms with van der Waals surface area (Å²) >= 11 is 0. The molecular formula is C14H10F3N5O4. The molecule has 1 N–H and O–H groups in total. The van der Waals surface area contributed by atoms with Crippen molar-refractivity contribution in [3.05, 3.63) is 44.7 Å². The van der Waals surface area contributed by atoms with Crippen molar-refractivity contribution in [2.24, 2.45) is 0 Å². The summed E-state index contributed by atoms with van der Waals surface area (Å²) in [5.74, 6) is -0.394. The third-order valence-electron chi connectivity index (χ3n) is 3.33. The lowest BCUT2D eigenvalue weighted by Crippen LogP contribution is -2.31. The van der Waals surface area contributed by atoms with E-state index in [2.05, 4.69) is 15.0 Å². The van der Waals surface area contributed by atoms with Crippen molar-refractivity contribution >= 4 is 11.0 Å². The Labute approximate surface area is 142 Å². The summed E-state index contributed by atoms with van der Waals surface area (Å²) in [7, 11) is 2.58. The second kappa shape index (κ2) is 6.13. The highest BCUT2D eigenvalue weighted by Gasteiger charge is 2.33. The number of alkyl halides is 3. The Hall–Kier alpha value is -3.44. The average Bonchev–Trinajstić information content (AvgIpc) is 2.60. The third kappa shape index (κ3) is 2.96. The van der Waals surface area contributed by atoms with Crippen molar-refractivity contribution in [1.29, 1.82) is 0 Å². The Kier molecular flexibility index (Phi) is 4.10. The molecule has 136 valence electrons. The topological polar surface area (TPSA) is 112 Å². The van der Waals surface area contributed by atoms with Crippen LogP contribution in [0.2, 0.25) is 0 Å². The van der Waals surface area contributed by atoms with E-state index in [0.717, 1.165) is 6.07 Å². The lowest BCUT2D eigenvalue weighted by Gasteiger charge is -2.11. The zero-order valence-electron chi connectivity index (χ0n) is 13.3. The number of hydrogen-bond donors (Lipinski definition) is 1. The monoisotopic (exact) mass is 369 g/mol. The van der Waals surface area contributed by atoms with Gasteiger partial charge in [0.2, 0.25) is 17.7 Å². The van der Waals surface area contributed by atoms with Gasteiger partial charge in [0, 0.05) is 0 Å². The number of nitrogens with zero attached hydrogens (tertiary/aromatic N) is 4. The molecule has 0 radical (unpaired) electrons. The van der Waals surface area contributed by atoms with Crippen LogP contribution < -0.4 is 20.7 Å². The molecule has 0 aliphatic rings. The molecule has 3 rings (SSSR count). The van der Waals surface area contributed by atoms with Crippen LogP contribution in [-0.2, 0) is 6.18 Å². The molecule has 3 aromatic heterocycles. The SMILES string of the molecule is COc1cc(OC)nc(-n2c(=O)[nH]c(=O)c3ccc(C(F)(F)F)nc32)n1. The van der Waals surface area contributed by atoms with Gasteiger partial charge in [0.05, 0.1) is 25.7 Å². The molecule has 3 heterocycles. The first kappa shape index (κ1) is 17.4. The Morgan fingerprint density at radius 1 is 1.04 bits per heavy atom. The van der Waals surface area contributed by atoms with Crippen molar-refractivity contribution in [1.82, 2.24) is 24.5 Å². The predicted octanol–water partition coefficient (Wildman–Crippen LogP) is 0.900. The summed E-state index contributed by atoms with van der Waals surface area (Å²) in [6.45, 7) is 0. The first-order chi connectivity index (χ1) is 12.2. The molecule has 0 bridgehead atoms. The van der Waals surface area contributed by atoms with Gasteiger partial charge in [-0.3, -0.25) is 9.78 Å². The van der Waals surface area contributed by atoms with Crippen LogP contribution in [0.25, 0.3) is 17.0 Å². The lowest BCUT2D eigenvalue weighted by molar-refractivity contribution is -0.141. The van der Waals surface area contributed by atoms with Gasteiger partial charge in [0.25, 0.3) is 5.56 Å². The molecule has 0 unspecified atom stereocenters. The van der Waals surface area contributed by atoms with Gasteiger partial charge in [-0.15, -0.1) is 0 Å². The highest BCUT2D eigenvalue weighted by atomic mass is 19.4. The van der Waals surface area contributed by atoms with Gasteiger partial charge in [-0.25, -0.2) is 14.3 Å². The highest BCUT2D eigenvalue weighted by Crippen LogP contribution is 2.28. The van der Waals surface area contributed by atoms with Crippen molar-refractivity contribution in [2.45, 2.75) is 6.18 Å². The Morgan fingerprint density at radius 2 is 1.65 bits per heavy atom. The third-order valence-corrected chi connectivity index (χ3v) is 3.33. The van der Waals surface area contributed by atoms with E-state index in [4.69, 9.17) is 9.47 Å². The van der Waals surface area contributed by atoms with Crippen LogP contribution in [-0.4, -0.2) is 38.7 Å². The first-order valence-electron chi connectivity index (χ1n) is 6.95. The number of aromatic nitrogens is 5. The second-order valence-electron chi connectivity index (χ2n) is 4.91. The van der Waals surface area contributed by atoms with Crippen molar-refractivity contribution in [2.75, 3.05) is 14.2 Å². The minimum atomic E-state index is -4.77. The maximum Gasteiger partial charge on any atom is 0.433 e. The summed E-state index contributed by atoms with van der Waals surface area (Å²) in [6, 6.07) is 2.85. The van der Waals surface area contributed by atoms with Crippen molar-refractivity contribution in [3.63, 3.8) is 0 Å². The summed E-state index contributed by atoms with van der Waals surface area (Å²) in [6.07, 6.45) is -4.77. The molecule has 0 aliphatic heterocycles. The van der Waals surface area contributed by atoms with Gasteiger partial charge in [-0.2, -0.15) is 23.1 Å². The number of fused-ring (bicyclic) bond motifs is 1. The fraction of sp³-hybridized carbons (Fsp3) is 0.214. The molecule has 9 nitrogen and oxygen atoms in total. The number of pyridine rings is 1. The molecule has 26 heavy (non-hydrogen) atoms. The molecule has 0 saturated carbocycles. The van der Waals surface area contributed by atoms with Gasteiger partial charge in [0.15, 0.2) is 5.65 Å². The van der Waals surface area contributed by atoms with E-state index in [0.29, 0.717) is 10.6 Å². The standard InChI is InChI=1S/C14H10F3N5O4/c1-25-8-5-9(26-2)20-12(19-8)22-10-6(11(23)21-13(22)24)3-4-7(18-10)14(15,16)17/h3-5H,1-2H3,(H,21,23,24). The van der Waals surface area contributed by atoms with Crippen LogP contribution >= 0.6 is 0 Å². The average molecular weight is 369 g/mol. The number of halogens is 3. The Bertz CT molecular complexity index is 1080. The Morgan fingerprint density at radius 3 is 2.19 bits per heavy atom. The number of rotatable bonds is 3. The maximum absolute atomic E-state index is 13.0. The number of hydrogen-bond acceptors (Lipinski definition) is 7. The van der Waals surface area contributed by atoms with E-state index in [1.807, 2.05) is 4.98 Å². The van der Waals surface area contributed by atoms with Crippen molar-refractivity contribution < 1.29 is 22.6 Å². The molecule has 0 aromatic carbocycles. The van der Waals surface area contributed by atoms with Gasteiger partial charge in [0.1, 0.15) is 5.69 Å². The maximum atomic E-state index is 13.0. The van der Waals surface area contributed by atoms with E-state index in [1.165, 1.54) is 20.3 Å². The summed E-state index contributed by atoms with van der Waals surface area (Å²) in [5, 5.41) is -0.247. The molecule has 0 fully saturated rings. The quantitative estimate of drug-likeness (QED) is 0.730. The molecule has 0 spiro atoms. The van der Waals surface area contributed by atoms with Crippen LogP contribution in [0.4, 0.5) is 13.2 Å². The van der Waals surface area contributed by atoms with E-state index >= 15 is 0 Å². The zero-order valence-corrected chi connectivity index (χ0v) is 13.3. The molecule has 0 saturated heterocycles. The molecule has 0 atom stereocenters. The van der Waals surface area contributed by atoms with E-state index in [-0.39, 0.29) is 23.1 Å². The van der Waals surface area contributed by atoms with Crippen LogP contribution in [0.3, 0.4) is 0 Å². The van der Waals surface area contributed by atoms with Crippen LogP contribution in [0, 0.1) is 0 Å².